The average Bonchev–Trinajstić information content (AvgIpc) is 3.15. The second kappa shape index (κ2) is 9.36. The van der Waals surface area contributed by atoms with Gasteiger partial charge in [0, 0.05) is 71.0 Å². The molecule has 2 fully saturated rings. The van der Waals surface area contributed by atoms with E-state index in [1.165, 1.54) is 0 Å². The minimum Gasteiger partial charge on any atom is -0.355 e. The zero-order chi connectivity index (χ0) is 19.9. The van der Waals surface area contributed by atoms with E-state index in [1.54, 1.807) is 31.3 Å². The summed E-state index contributed by atoms with van der Waals surface area (Å²) in [5.41, 5.74) is 1.47. The molecule has 28 heavy (non-hydrogen) atoms. The van der Waals surface area contributed by atoms with Crippen LogP contribution in [0.15, 0.2) is 30.3 Å². The van der Waals surface area contributed by atoms with E-state index in [0.29, 0.717) is 18.7 Å². The molecule has 0 spiro atoms. The smallest absolute Gasteiger partial charge is 0.317 e. The van der Waals surface area contributed by atoms with Gasteiger partial charge in [-0.1, -0.05) is 12.1 Å². The molecule has 0 radical (unpaired) electrons. The van der Waals surface area contributed by atoms with Crippen LogP contribution in [0, 0.1) is 0 Å². The van der Waals surface area contributed by atoms with Crippen LogP contribution in [0.3, 0.4) is 0 Å². The number of nitrogens with one attached hydrogen (secondary N) is 2. The van der Waals surface area contributed by atoms with E-state index in [1.807, 2.05) is 21.9 Å². The molecule has 0 saturated carbocycles. The predicted molar refractivity (Wildman–Crippen MR) is 107 cm³/mol. The fourth-order valence-corrected chi connectivity index (χ4v) is 3.34. The maximum Gasteiger partial charge on any atom is 0.317 e. The molecule has 0 atom stereocenters. The standard InChI is InChI=1S/C20H27N5O3/c1-21-19(27)17-5-2-16(3-6-17)4-7-18(26)24-13-10-23(11-14-24)12-15-25-9-8-22-20(25)28/h2-7H,8-15H2,1H3,(H,21,27)(H,22,28)/b7-4-. The second-order valence-electron chi connectivity index (χ2n) is 6.92. The lowest BCUT2D eigenvalue weighted by Crippen LogP contribution is -2.50. The molecular formula is C20H27N5O3. The van der Waals surface area contributed by atoms with Crippen molar-refractivity contribution in [2.45, 2.75) is 0 Å². The summed E-state index contributed by atoms with van der Waals surface area (Å²) in [6.07, 6.45) is 3.35. The number of amides is 4. The van der Waals surface area contributed by atoms with Crippen LogP contribution in [0.1, 0.15) is 15.9 Å². The van der Waals surface area contributed by atoms with Crippen molar-refractivity contribution >= 4 is 23.9 Å². The van der Waals surface area contributed by atoms with E-state index in [4.69, 9.17) is 0 Å². The number of benzene rings is 1. The van der Waals surface area contributed by atoms with Crippen LogP contribution >= 0.6 is 0 Å². The Balaban J connectivity index is 1.42. The minimum atomic E-state index is -0.130. The van der Waals surface area contributed by atoms with E-state index in [9.17, 15) is 14.4 Å². The van der Waals surface area contributed by atoms with E-state index >= 15 is 0 Å². The molecule has 1 aromatic carbocycles. The summed E-state index contributed by atoms with van der Waals surface area (Å²) < 4.78 is 0. The Labute approximate surface area is 165 Å². The highest BCUT2D eigenvalue weighted by Gasteiger charge is 2.23. The molecule has 0 bridgehead atoms. The number of piperazine rings is 1. The van der Waals surface area contributed by atoms with Crippen molar-refractivity contribution in [2.24, 2.45) is 0 Å². The third-order valence-corrected chi connectivity index (χ3v) is 5.13. The fraction of sp³-hybridized carbons (Fsp3) is 0.450. The summed E-state index contributed by atoms with van der Waals surface area (Å²) in [6, 6.07) is 7.13. The van der Waals surface area contributed by atoms with E-state index in [0.717, 1.165) is 44.8 Å². The zero-order valence-corrected chi connectivity index (χ0v) is 16.2. The van der Waals surface area contributed by atoms with Crippen LogP contribution in [-0.2, 0) is 4.79 Å². The highest BCUT2D eigenvalue weighted by Crippen LogP contribution is 2.08. The highest BCUT2D eigenvalue weighted by atomic mass is 16.2. The van der Waals surface area contributed by atoms with E-state index < -0.39 is 0 Å². The molecule has 2 heterocycles. The quantitative estimate of drug-likeness (QED) is 0.687. The van der Waals surface area contributed by atoms with Gasteiger partial charge in [0.15, 0.2) is 0 Å². The first kappa shape index (κ1) is 19.9. The Hall–Kier alpha value is -2.87. The molecule has 1 aromatic rings. The van der Waals surface area contributed by atoms with Gasteiger partial charge in [0.2, 0.25) is 5.91 Å². The fourth-order valence-electron chi connectivity index (χ4n) is 3.34. The van der Waals surface area contributed by atoms with Crippen molar-refractivity contribution in [2.75, 3.05) is 59.4 Å². The molecule has 8 heteroatoms. The Morgan fingerprint density at radius 3 is 2.39 bits per heavy atom. The summed E-state index contributed by atoms with van der Waals surface area (Å²) >= 11 is 0. The molecule has 2 saturated heterocycles. The summed E-state index contributed by atoms with van der Waals surface area (Å²) in [5, 5.41) is 5.39. The average molecular weight is 385 g/mol. The molecule has 8 nitrogen and oxygen atoms in total. The monoisotopic (exact) mass is 385 g/mol. The van der Waals surface area contributed by atoms with Crippen molar-refractivity contribution in [3.8, 4) is 0 Å². The number of rotatable bonds is 6. The molecule has 0 aromatic heterocycles. The first-order valence-electron chi connectivity index (χ1n) is 9.61. The maximum atomic E-state index is 12.4. The summed E-state index contributed by atoms with van der Waals surface area (Å²) in [5.74, 6) is -0.135. The zero-order valence-electron chi connectivity index (χ0n) is 16.2. The number of urea groups is 1. The third-order valence-electron chi connectivity index (χ3n) is 5.13. The molecule has 4 amide bonds. The van der Waals surface area contributed by atoms with Crippen molar-refractivity contribution < 1.29 is 14.4 Å². The van der Waals surface area contributed by atoms with Crippen LogP contribution in [-0.4, -0.2) is 92.0 Å². The maximum absolute atomic E-state index is 12.4. The van der Waals surface area contributed by atoms with Gasteiger partial charge in [-0.2, -0.15) is 0 Å². The van der Waals surface area contributed by atoms with Crippen molar-refractivity contribution in [3.05, 3.63) is 41.5 Å². The number of hydrogen-bond donors (Lipinski definition) is 2. The van der Waals surface area contributed by atoms with Crippen LogP contribution in [0.25, 0.3) is 6.08 Å². The number of hydrogen-bond acceptors (Lipinski definition) is 4. The first-order valence-corrected chi connectivity index (χ1v) is 9.61. The lowest BCUT2D eigenvalue weighted by atomic mass is 10.1. The van der Waals surface area contributed by atoms with Gasteiger partial charge < -0.3 is 20.4 Å². The molecule has 2 aliphatic heterocycles. The highest BCUT2D eigenvalue weighted by molar-refractivity contribution is 5.94. The van der Waals surface area contributed by atoms with Crippen molar-refractivity contribution in [1.82, 2.24) is 25.3 Å². The number of nitrogens with zero attached hydrogens (tertiary/aromatic N) is 3. The Morgan fingerprint density at radius 2 is 1.79 bits per heavy atom. The van der Waals surface area contributed by atoms with Gasteiger partial charge in [-0.25, -0.2) is 4.79 Å². The largest absolute Gasteiger partial charge is 0.355 e. The third kappa shape index (κ3) is 5.10. The summed E-state index contributed by atoms with van der Waals surface area (Å²) in [6.45, 7) is 6.06. The van der Waals surface area contributed by atoms with Gasteiger partial charge in [-0.15, -0.1) is 0 Å². The Bertz CT molecular complexity index is 739. The molecule has 0 unspecified atom stereocenters. The van der Waals surface area contributed by atoms with Crippen LogP contribution in [0.5, 0.6) is 0 Å². The molecule has 0 aliphatic carbocycles. The summed E-state index contributed by atoms with van der Waals surface area (Å²) in [7, 11) is 1.59. The SMILES string of the molecule is CNC(=O)c1ccc(/C=C\C(=O)N2CCN(CCN3CCNC3=O)CC2)cc1. The predicted octanol–water partition coefficient (Wildman–Crippen LogP) is 0.229. The topological polar surface area (TPSA) is 85.0 Å². The van der Waals surface area contributed by atoms with Gasteiger partial charge in [0.25, 0.3) is 5.91 Å². The first-order chi connectivity index (χ1) is 13.6. The van der Waals surface area contributed by atoms with E-state index in [2.05, 4.69) is 15.5 Å². The Kier molecular flexibility index (Phi) is 6.65. The molecule has 2 N–H and O–H groups in total. The lowest BCUT2D eigenvalue weighted by molar-refractivity contribution is -0.127. The number of carbonyl (C=O) groups excluding carboxylic acids is 3. The van der Waals surface area contributed by atoms with Crippen molar-refractivity contribution in [1.29, 1.82) is 0 Å². The second-order valence-corrected chi connectivity index (χ2v) is 6.92. The molecule has 2 aliphatic rings. The van der Waals surface area contributed by atoms with Gasteiger partial charge in [0.1, 0.15) is 0 Å². The van der Waals surface area contributed by atoms with Gasteiger partial charge in [-0.05, 0) is 23.8 Å². The van der Waals surface area contributed by atoms with Crippen LogP contribution in [0.2, 0.25) is 0 Å². The molecule has 150 valence electrons. The van der Waals surface area contributed by atoms with Crippen LogP contribution in [0.4, 0.5) is 4.79 Å². The van der Waals surface area contributed by atoms with Gasteiger partial charge in [0.05, 0.1) is 0 Å². The van der Waals surface area contributed by atoms with Crippen LogP contribution < -0.4 is 10.6 Å². The van der Waals surface area contributed by atoms with Gasteiger partial charge >= 0.3 is 6.03 Å². The van der Waals surface area contributed by atoms with E-state index in [-0.39, 0.29) is 17.8 Å². The van der Waals surface area contributed by atoms with Crippen molar-refractivity contribution in [3.63, 3.8) is 0 Å². The normalized spacial score (nSPS) is 17.8. The molecule has 3 rings (SSSR count). The molecular weight excluding hydrogens is 358 g/mol. The minimum absolute atomic E-state index is 0.00560. The number of carbonyl (C=O) groups is 3. The van der Waals surface area contributed by atoms with Gasteiger partial charge in [-0.3, -0.25) is 14.5 Å². The lowest BCUT2D eigenvalue weighted by Gasteiger charge is -2.34. The Morgan fingerprint density at radius 1 is 1.07 bits per heavy atom. The summed E-state index contributed by atoms with van der Waals surface area (Å²) in [4.78, 5) is 41.5.